The summed E-state index contributed by atoms with van der Waals surface area (Å²) in [5, 5.41) is 12.0. The average molecular weight is 251 g/mol. The Morgan fingerprint density at radius 1 is 1.22 bits per heavy atom. The number of hydrogen-bond donors (Lipinski definition) is 2. The van der Waals surface area contributed by atoms with E-state index >= 15 is 0 Å². The predicted octanol–water partition coefficient (Wildman–Crippen LogP) is 2.66. The van der Waals surface area contributed by atoms with Crippen LogP contribution in [0.2, 0.25) is 0 Å². The third-order valence-electron chi connectivity index (χ3n) is 5.64. The van der Waals surface area contributed by atoms with Gasteiger partial charge in [-0.1, -0.05) is 0 Å². The summed E-state index contributed by atoms with van der Waals surface area (Å²) >= 11 is 0. The summed E-state index contributed by atoms with van der Waals surface area (Å²) < 4.78 is 0. The zero-order valence-electron chi connectivity index (χ0n) is 11.3. The lowest BCUT2D eigenvalue weighted by molar-refractivity contribution is -0.139. The monoisotopic (exact) mass is 251 g/mol. The molecule has 0 saturated heterocycles. The molecule has 0 amide bonds. The van der Waals surface area contributed by atoms with Crippen molar-refractivity contribution in [3.05, 3.63) is 0 Å². The molecule has 0 radical (unpaired) electrons. The Labute approximate surface area is 109 Å². The first-order valence-electron chi connectivity index (χ1n) is 7.52. The fourth-order valence-electron chi connectivity index (χ4n) is 5.24. The molecule has 0 aromatic carbocycles. The lowest BCUT2D eigenvalue weighted by Crippen LogP contribution is -2.47. The lowest BCUT2D eigenvalue weighted by Gasteiger charge is -2.57. The second-order valence-electron chi connectivity index (χ2n) is 7.18. The molecule has 1 atom stereocenters. The molecule has 0 aromatic heterocycles. The van der Waals surface area contributed by atoms with Gasteiger partial charge in [0, 0.05) is 0 Å². The van der Waals surface area contributed by atoms with E-state index in [2.05, 4.69) is 5.32 Å². The topological polar surface area (TPSA) is 49.3 Å². The van der Waals surface area contributed by atoms with E-state index in [0.717, 1.165) is 24.3 Å². The summed E-state index contributed by atoms with van der Waals surface area (Å²) in [5.74, 6) is 2.25. The van der Waals surface area contributed by atoms with E-state index in [1.54, 1.807) is 6.92 Å². The van der Waals surface area contributed by atoms with E-state index in [-0.39, 0.29) is 0 Å². The Hall–Kier alpha value is -0.570. The molecular weight excluding hydrogens is 226 g/mol. The third-order valence-corrected chi connectivity index (χ3v) is 5.64. The van der Waals surface area contributed by atoms with Crippen molar-refractivity contribution in [3.8, 4) is 0 Å². The molecule has 102 valence electrons. The number of carboxylic acid groups (broad SMARTS) is 1. The van der Waals surface area contributed by atoms with Crippen LogP contribution < -0.4 is 5.32 Å². The fraction of sp³-hybridized carbons (Fsp3) is 0.933. The van der Waals surface area contributed by atoms with Crippen LogP contribution in [-0.2, 0) is 4.79 Å². The van der Waals surface area contributed by atoms with Gasteiger partial charge in [-0.25, -0.2) is 0 Å². The molecule has 4 aliphatic rings. The predicted molar refractivity (Wildman–Crippen MR) is 70.3 cm³/mol. The summed E-state index contributed by atoms with van der Waals surface area (Å²) in [7, 11) is 0. The molecule has 4 rings (SSSR count). The molecule has 18 heavy (non-hydrogen) atoms. The molecule has 4 bridgehead atoms. The SMILES string of the molecule is C[C@@H](NCCC12CC3CC(CC(C3)C1)C2)C(=O)O. The lowest BCUT2D eigenvalue weighted by atomic mass is 9.49. The van der Waals surface area contributed by atoms with Gasteiger partial charge in [0.05, 0.1) is 0 Å². The van der Waals surface area contributed by atoms with Gasteiger partial charge in [-0.15, -0.1) is 0 Å². The number of carbonyl (C=O) groups is 1. The van der Waals surface area contributed by atoms with Crippen molar-refractivity contribution in [2.75, 3.05) is 6.54 Å². The molecule has 0 unspecified atom stereocenters. The van der Waals surface area contributed by atoms with Crippen LogP contribution in [0.4, 0.5) is 0 Å². The van der Waals surface area contributed by atoms with E-state index in [1.807, 2.05) is 0 Å². The number of rotatable bonds is 5. The Balaban J connectivity index is 1.54. The number of hydrogen-bond acceptors (Lipinski definition) is 2. The molecule has 0 spiro atoms. The Morgan fingerprint density at radius 3 is 2.17 bits per heavy atom. The van der Waals surface area contributed by atoms with E-state index in [1.165, 1.54) is 44.9 Å². The highest BCUT2D eigenvalue weighted by Gasteiger charge is 2.50. The molecule has 4 fully saturated rings. The zero-order chi connectivity index (χ0) is 12.8. The standard InChI is InChI=1S/C15H25NO2/c1-10(14(17)18)16-3-2-15-7-11-4-12(8-15)6-13(5-11)9-15/h10-13,16H,2-9H2,1H3,(H,17,18)/t10-,11?,12?,13?,15?/m1/s1. The summed E-state index contributed by atoms with van der Waals surface area (Å²) in [6, 6.07) is -0.404. The maximum absolute atomic E-state index is 10.8. The Morgan fingerprint density at radius 2 is 1.72 bits per heavy atom. The van der Waals surface area contributed by atoms with Crippen LogP contribution >= 0.6 is 0 Å². The molecule has 3 nitrogen and oxygen atoms in total. The summed E-state index contributed by atoms with van der Waals surface area (Å²) in [5.41, 5.74) is 0.569. The fourth-order valence-corrected chi connectivity index (χ4v) is 5.24. The first kappa shape index (κ1) is 12.5. The first-order valence-corrected chi connectivity index (χ1v) is 7.52. The van der Waals surface area contributed by atoms with Gasteiger partial charge in [0.25, 0.3) is 0 Å². The highest BCUT2D eigenvalue weighted by molar-refractivity contribution is 5.72. The van der Waals surface area contributed by atoms with Crippen molar-refractivity contribution >= 4 is 5.97 Å². The molecule has 4 aliphatic carbocycles. The largest absolute Gasteiger partial charge is 0.480 e. The van der Waals surface area contributed by atoms with Crippen molar-refractivity contribution in [2.24, 2.45) is 23.2 Å². The molecular formula is C15H25NO2. The van der Waals surface area contributed by atoms with Crippen LogP contribution in [0, 0.1) is 23.2 Å². The number of carboxylic acids is 1. The summed E-state index contributed by atoms with van der Waals surface area (Å²) in [6.45, 7) is 2.61. The summed E-state index contributed by atoms with van der Waals surface area (Å²) in [4.78, 5) is 10.8. The van der Waals surface area contributed by atoms with Crippen molar-refractivity contribution in [2.45, 2.75) is 57.9 Å². The van der Waals surface area contributed by atoms with Crippen molar-refractivity contribution in [1.29, 1.82) is 0 Å². The van der Waals surface area contributed by atoms with Gasteiger partial charge in [0.1, 0.15) is 6.04 Å². The van der Waals surface area contributed by atoms with Gasteiger partial charge < -0.3 is 10.4 Å². The second kappa shape index (κ2) is 4.52. The summed E-state index contributed by atoms with van der Waals surface area (Å²) in [6.07, 6.45) is 9.90. The van der Waals surface area contributed by atoms with Gasteiger partial charge >= 0.3 is 5.97 Å². The Bertz CT molecular complexity index is 304. The third kappa shape index (κ3) is 2.29. The number of nitrogens with one attached hydrogen (secondary N) is 1. The zero-order valence-corrected chi connectivity index (χ0v) is 11.3. The maximum atomic E-state index is 10.8. The van der Waals surface area contributed by atoms with E-state index in [4.69, 9.17) is 5.11 Å². The molecule has 0 heterocycles. The minimum Gasteiger partial charge on any atom is -0.480 e. The van der Waals surface area contributed by atoms with Crippen LogP contribution in [0.15, 0.2) is 0 Å². The quantitative estimate of drug-likeness (QED) is 0.789. The van der Waals surface area contributed by atoms with E-state index in [9.17, 15) is 4.79 Å². The smallest absolute Gasteiger partial charge is 0.320 e. The van der Waals surface area contributed by atoms with Crippen LogP contribution in [0.3, 0.4) is 0 Å². The molecule has 0 aliphatic heterocycles. The molecule has 3 heteroatoms. The first-order chi connectivity index (χ1) is 8.56. The minimum atomic E-state index is -0.736. The van der Waals surface area contributed by atoms with E-state index in [0.29, 0.717) is 5.41 Å². The van der Waals surface area contributed by atoms with Gasteiger partial charge in [-0.2, -0.15) is 0 Å². The van der Waals surface area contributed by atoms with Crippen LogP contribution in [0.1, 0.15) is 51.9 Å². The van der Waals surface area contributed by atoms with Crippen molar-refractivity contribution in [1.82, 2.24) is 5.32 Å². The van der Waals surface area contributed by atoms with Crippen LogP contribution in [0.25, 0.3) is 0 Å². The highest BCUT2D eigenvalue weighted by Crippen LogP contribution is 2.61. The van der Waals surface area contributed by atoms with Gasteiger partial charge in [0.2, 0.25) is 0 Å². The minimum absolute atomic E-state index is 0.404. The average Bonchev–Trinajstić information content (AvgIpc) is 2.26. The molecule has 2 N–H and O–H groups in total. The Kier molecular flexibility index (Phi) is 3.13. The molecule has 0 aromatic rings. The van der Waals surface area contributed by atoms with Crippen molar-refractivity contribution in [3.63, 3.8) is 0 Å². The molecule has 4 saturated carbocycles. The highest BCUT2D eigenvalue weighted by atomic mass is 16.4. The van der Waals surface area contributed by atoms with E-state index < -0.39 is 12.0 Å². The van der Waals surface area contributed by atoms with Crippen LogP contribution in [0.5, 0.6) is 0 Å². The normalized spacial score (nSPS) is 43.1. The number of aliphatic carboxylic acids is 1. The second-order valence-corrected chi connectivity index (χ2v) is 7.18. The maximum Gasteiger partial charge on any atom is 0.320 e. The van der Waals surface area contributed by atoms with Gasteiger partial charge in [0.15, 0.2) is 0 Å². The van der Waals surface area contributed by atoms with Crippen molar-refractivity contribution < 1.29 is 9.90 Å². The van der Waals surface area contributed by atoms with Gasteiger partial charge in [-0.05, 0) is 81.6 Å². The van der Waals surface area contributed by atoms with Crippen LogP contribution in [-0.4, -0.2) is 23.7 Å². The van der Waals surface area contributed by atoms with Gasteiger partial charge in [-0.3, -0.25) is 4.79 Å².